The molecule has 0 aromatic heterocycles. The summed E-state index contributed by atoms with van der Waals surface area (Å²) in [6.07, 6.45) is 0. The largest absolute Gasteiger partial charge is 0.420 e. The van der Waals surface area contributed by atoms with Crippen LogP contribution in [0, 0.1) is 0 Å². The molecule has 1 unspecified atom stereocenters. The fraction of sp³-hybridized carbons (Fsp3) is 0.111. The van der Waals surface area contributed by atoms with Gasteiger partial charge in [-0.3, -0.25) is 4.79 Å². The third kappa shape index (κ3) is 1.11. The van der Waals surface area contributed by atoms with Crippen LogP contribution in [0.25, 0.3) is 0 Å². The van der Waals surface area contributed by atoms with E-state index >= 15 is 0 Å². The highest BCUT2D eigenvalue weighted by molar-refractivity contribution is 6.37. The van der Waals surface area contributed by atoms with Gasteiger partial charge < -0.3 is 10.5 Å². The summed E-state index contributed by atoms with van der Waals surface area (Å²) in [5.74, 6) is -1.20. The zero-order valence-electron chi connectivity index (χ0n) is 6.69. The second kappa shape index (κ2) is 2.67. The molecular weight excluding hydrogens is 170 g/mol. The second-order valence-electron chi connectivity index (χ2n) is 2.77. The lowest BCUT2D eigenvalue weighted by Crippen LogP contribution is -2.36. The van der Waals surface area contributed by atoms with Gasteiger partial charge in [-0.25, -0.2) is 4.79 Å². The van der Waals surface area contributed by atoms with Gasteiger partial charge >= 0.3 is 5.97 Å². The fourth-order valence-corrected chi connectivity index (χ4v) is 1.25. The van der Waals surface area contributed by atoms with Crippen LogP contribution >= 0.6 is 0 Å². The summed E-state index contributed by atoms with van der Waals surface area (Å²) in [5, 5.41) is 0. The Morgan fingerprint density at radius 1 is 1.23 bits per heavy atom. The van der Waals surface area contributed by atoms with Crippen molar-refractivity contribution in [3.8, 4) is 5.75 Å². The van der Waals surface area contributed by atoms with E-state index in [1.54, 1.807) is 24.3 Å². The highest BCUT2D eigenvalue weighted by Crippen LogP contribution is 2.28. The van der Waals surface area contributed by atoms with Crippen LogP contribution < -0.4 is 10.5 Å². The molecule has 0 fully saturated rings. The number of carbonyl (C=O) groups is 2. The molecule has 66 valence electrons. The smallest absolute Gasteiger partial charge is 0.382 e. The van der Waals surface area contributed by atoms with E-state index in [0.29, 0.717) is 11.3 Å². The highest BCUT2D eigenvalue weighted by atomic mass is 16.5. The summed E-state index contributed by atoms with van der Waals surface area (Å²) in [5.41, 5.74) is 6.09. The summed E-state index contributed by atoms with van der Waals surface area (Å²) in [7, 11) is 0. The van der Waals surface area contributed by atoms with E-state index in [-0.39, 0.29) is 0 Å². The molecule has 1 aromatic carbocycles. The maximum atomic E-state index is 11.1. The quantitative estimate of drug-likeness (QED) is 0.348. The predicted molar refractivity (Wildman–Crippen MR) is 44.0 cm³/mol. The number of fused-ring (bicyclic) bond motifs is 1. The zero-order chi connectivity index (χ0) is 9.42. The Kier molecular flexibility index (Phi) is 1.63. The van der Waals surface area contributed by atoms with Gasteiger partial charge in [0.25, 0.3) is 5.78 Å². The van der Waals surface area contributed by atoms with Crippen LogP contribution in [0.3, 0.4) is 0 Å². The first kappa shape index (κ1) is 7.94. The first-order chi connectivity index (χ1) is 6.20. The average molecular weight is 177 g/mol. The molecule has 0 radical (unpaired) electrons. The van der Waals surface area contributed by atoms with Crippen molar-refractivity contribution in [3.05, 3.63) is 29.8 Å². The molecule has 1 aliphatic rings. The van der Waals surface area contributed by atoms with Crippen molar-refractivity contribution in [2.75, 3.05) is 0 Å². The molecule has 0 amide bonds. The Labute approximate surface area is 74.3 Å². The number of benzene rings is 1. The molecule has 0 aliphatic carbocycles. The molecule has 13 heavy (non-hydrogen) atoms. The standard InChI is InChI=1S/C9H7NO3/c10-7-5-3-1-2-4-6(5)13-9(12)8(7)11/h1-4,7H,10H2. The lowest BCUT2D eigenvalue weighted by Gasteiger charge is -2.19. The van der Waals surface area contributed by atoms with E-state index in [4.69, 9.17) is 10.5 Å². The summed E-state index contributed by atoms with van der Waals surface area (Å²) in [4.78, 5) is 22.0. The van der Waals surface area contributed by atoms with Crippen molar-refractivity contribution in [3.63, 3.8) is 0 Å². The second-order valence-corrected chi connectivity index (χ2v) is 2.77. The lowest BCUT2D eigenvalue weighted by atomic mass is 10.0. The van der Waals surface area contributed by atoms with Crippen molar-refractivity contribution < 1.29 is 14.3 Å². The van der Waals surface area contributed by atoms with Crippen molar-refractivity contribution in [2.24, 2.45) is 5.73 Å². The van der Waals surface area contributed by atoms with Crippen LogP contribution in [0.2, 0.25) is 0 Å². The van der Waals surface area contributed by atoms with E-state index in [1.807, 2.05) is 0 Å². The summed E-state index contributed by atoms with van der Waals surface area (Å²) in [6, 6.07) is 5.86. The third-order valence-electron chi connectivity index (χ3n) is 1.94. The maximum Gasteiger partial charge on any atom is 0.382 e. The Morgan fingerprint density at radius 3 is 2.69 bits per heavy atom. The Hall–Kier alpha value is -1.68. The van der Waals surface area contributed by atoms with Crippen LogP contribution in [0.15, 0.2) is 24.3 Å². The van der Waals surface area contributed by atoms with Gasteiger partial charge in [0.15, 0.2) is 0 Å². The van der Waals surface area contributed by atoms with Gasteiger partial charge in [-0.15, -0.1) is 0 Å². The van der Waals surface area contributed by atoms with E-state index < -0.39 is 17.8 Å². The molecule has 1 aromatic rings. The normalized spacial score (nSPS) is 20.8. The summed E-state index contributed by atoms with van der Waals surface area (Å²) < 4.78 is 4.75. The minimum atomic E-state index is -0.883. The van der Waals surface area contributed by atoms with Crippen LogP contribution in [-0.2, 0) is 9.59 Å². The zero-order valence-corrected chi connectivity index (χ0v) is 6.69. The van der Waals surface area contributed by atoms with Crippen molar-refractivity contribution in [1.29, 1.82) is 0 Å². The predicted octanol–water partition coefficient (Wildman–Crippen LogP) is 0.174. The first-order valence-electron chi connectivity index (χ1n) is 3.80. The minimum Gasteiger partial charge on any atom is -0.420 e. The Balaban J connectivity index is 2.55. The van der Waals surface area contributed by atoms with Crippen molar-refractivity contribution in [2.45, 2.75) is 6.04 Å². The van der Waals surface area contributed by atoms with Gasteiger partial charge in [0.05, 0.1) is 0 Å². The van der Waals surface area contributed by atoms with Gasteiger partial charge in [-0.05, 0) is 6.07 Å². The van der Waals surface area contributed by atoms with Crippen LogP contribution in [0.4, 0.5) is 0 Å². The number of para-hydroxylation sites is 1. The van der Waals surface area contributed by atoms with E-state index in [1.165, 1.54) is 0 Å². The highest BCUT2D eigenvalue weighted by Gasteiger charge is 2.32. The number of rotatable bonds is 0. The van der Waals surface area contributed by atoms with Crippen molar-refractivity contribution in [1.82, 2.24) is 0 Å². The third-order valence-corrected chi connectivity index (χ3v) is 1.94. The Bertz CT molecular complexity index is 386. The van der Waals surface area contributed by atoms with Crippen LogP contribution in [0.1, 0.15) is 11.6 Å². The number of esters is 1. The van der Waals surface area contributed by atoms with Crippen molar-refractivity contribution >= 4 is 11.8 Å². The molecule has 0 saturated carbocycles. The minimum absolute atomic E-state index is 0.375. The summed E-state index contributed by atoms with van der Waals surface area (Å²) >= 11 is 0. The Morgan fingerprint density at radius 2 is 1.92 bits per heavy atom. The van der Waals surface area contributed by atoms with Gasteiger partial charge in [-0.2, -0.15) is 0 Å². The number of nitrogens with two attached hydrogens (primary N) is 1. The topological polar surface area (TPSA) is 69.4 Å². The molecule has 1 heterocycles. The molecule has 2 rings (SSSR count). The van der Waals surface area contributed by atoms with Crippen LogP contribution in [0.5, 0.6) is 5.75 Å². The number of hydrogen-bond donors (Lipinski definition) is 1. The monoisotopic (exact) mass is 177 g/mol. The molecule has 2 N–H and O–H groups in total. The number of carbonyl (C=O) groups excluding carboxylic acids is 2. The SMILES string of the molecule is NC1C(=O)C(=O)Oc2ccccc21. The number of ether oxygens (including phenoxy) is 1. The van der Waals surface area contributed by atoms with E-state index in [2.05, 4.69) is 0 Å². The molecule has 4 heteroatoms. The number of Topliss-reactive ketones (excluding diaryl/α,β-unsaturated/α-hetero) is 1. The molecule has 0 saturated heterocycles. The maximum absolute atomic E-state index is 11.1. The fourth-order valence-electron chi connectivity index (χ4n) is 1.25. The molecule has 0 bridgehead atoms. The van der Waals surface area contributed by atoms with Gasteiger partial charge in [0.1, 0.15) is 11.8 Å². The molecule has 4 nitrogen and oxygen atoms in total. The van der Waals surface area contributed by atoms with E-state index in [0.717, 1.165) is 0 Å². The number of ketones is 1. The average Bonchev–Trinajstić information content (AvgIpc) is 2.15. The summed E-state index contributed by atoms with van der Waals surface area (Å²) in [6.45, 7) is 0. The van der Waals surface area contributed by atoms with Crippen LogP contribution in [-0.4, -0.2) is 11.8 Å². The van der Waals surface area contributed by atoms with Gasteiger partial charge in [0.2, 0.25) is 0 Å². The molecule has 1 aliphatic heterocycles. The lowest BCUT2D eigenvalue weighted by molar-refractivity contribution is -0.149. The van der Waals surface area contributed by atoms with Gasteiger partial charge in [-0.1, -0.05) is 18.2 Å². The molecule has 0 spiro atoms. The number of hydrogen-bond acceptors (Lipinski definition) is 4. The van der Waals surface area contributed by atoms with Gasteiger partial charge in [0, 0.05) is 5.56 Å². The van der Waals surface area contributed by atoms with E-state index in [9.17, 15) is 9.59 Å². The first-order valence-corrected chi connectivity index (χ1v) is 3.80. The molecule has 1 atom stereocenters. The molecular formula is C9H7NO3.